The van der Waals surface area contributed by atoms with E-state index in [1.165, 1.54) is 23.0 Å². The molecule has 5 nitrogen and oxygen atoms in total. The lowest BCUT2D eigenvalue weighted by atomic mass is 10.1. The molecule has 0 saturated carbocycles. The second-order valence-electron chi connectivity index (χ2n) is 6.95. The molecule has 2 heterocycles. The summed E-state index contributed by atoms with van der Waals surface area (Å²) in [6, 6.07) is 15.5. The van der Waals surface area contributed by atoms with Crippen LogP contribution in [-0.4, -0.2) is 21.8 Å². The van der Waals surface area contributed by atoms with Crippen LogP contribution in [0.1, 0.15) is 32.8 Å². The molecule has 0 saturated heterocycles. The van der Waals surface area contributed by atoms with Gasteiger partial charge < -0.3 is 5.32 Å². The number of nitrogens with one attached hydrogen (secondary N) is 1. The Bertz CT molecular complexity index is 1230. The van der Waals surface area contributed by atoms with Crippen molar-refractivity contribution in [2.75, 3.05) is 6.54 Å². The number of imidazole rings is 1. The molecule has 4 aromatic rings. The molecule has 28 heavy (non-hydrogen) atoms. The number of hydrogen-bond acceptors (Lipinski definition) is 4. The largest absolute Gasteiger partial charge is 0.351 e. The fourth-order valence-corrected chi connectivity index (χ4v) is 4.18. The Morgan fingerprint density at radius 2 is 1.86 bits per heavy atom. The molecule has 6 heteroatoms. The van der Waals surface area contributed by atoms with Crippen molar-refractivity contribution >= 4 is 33.2 Å². The number of aryl methyl sites for hydroxylation is 3. The van der Waals surface area contributed by atoms with Gasteiger partial charge in [-0.15, -0.1) is 0 Å². The second kappa shape index (κ2) is 7.56. The highest BCUT2D eigenvalue weighted by atomic mass is 32.1. The Morgan fingerprint density at radius 3 is 2.64 bits per heavy atom. The number of rotatable bonds is 5. The first-order valence-corrected chi connectivity index (χ1v) is 10.1. The second-order valence-corrected chi connectivity index (χ2v) is 7.96. The van der Waals surface area contributed by atoms with Crippen LogP contribution >= 0.6 is 11.3 Å². The number of carbonyl (C=O) groups excluding carboxylic acids is 1. The summed E-state index contributed by atoms with van der Waals surface area (Å²) in [7, 11) is 0. The Kier molecular flexibility index (Phi) is 4.96. The van der Waals surface area contributed by atoms with E-state index in [1.54, 1.807) is 4.40 Å². The third-order valence-electron chi connectivity index (χ3n) is 4.91. The summed E-state index contributed by atoms with van der Waals surface area (Å²) in [6.45, 7) is 4.60. The molecule has 0 fully saturated rings. The number of hydrogen-bond donors (Lipinski definition) is 1. The molecule has 0 bridgehead atoms. The minimum absolute atomic E-state index is 0.225. The molecular weight excluding hydrogens is 370 g/mol. The van der Waals surface area contributed by atoms with Gasteiger partial charge in [0, 0.05) is 12.6 Å². The van der Waals surface area contributed by atoms with Gasteiger partial charge in [0.15, 0.2) is 4.96 Å². The van der Waals surface area contributed by atoms with E-state index < -0.39 is 0 Å². The van der Waals surface area contributed by atoms with Crippen molar-refractivity contribution < 1.29 is 4.79 Å². The lowest BCUT2D eigenvalue weighted by molar-refractivity contribution is 0.0957. The smallest absolute Gasteiger partial charge is 0.261 e. The molecular formula is C22H21N3O2S. The lowest BCUT2D eigenvalue weighted by Gasteiger charge is -2.05. The molecule has 2 aromatic carbocycles. The van der Waals surface area contributed by atoms with Crippen LogP contribution in [-0.2, 0) is 6.42 Å². The van der Waals surface area contributed by atoms with Crippen molar-refractivity contribution in [3.05, 3.63) is 80.5 Å². The number of benzene rings is 2. The molecule has 0 aliphatic heterocycles. The van der Waals surface area contributed by atoms with Gasteiger partial charge in [0.05, 0.1) is 11.0 Å². The predicted octanol–water partition coefficient (Wildman–Crippen LogP) is 3.89. The van der Waals surface area contributed by atoms with Gasteiger partial charge in [-0.25, -0.2) is 4.98 Å². The molecule has 0 aliphatic carbocycles. The summed E-state index contributed by atoms with van der Waals surface area (Å²) in [4.78, 5) is 30.6. The molecule has 0 unspecified atom stereocenters. The van der Waals surface area contributed by atoms with Crippen LogP contribution in [0.25, 0.3) is 16.0 Å². The molecule has 1 amide bonds. The van der Waals surface area contributed by atoms with Crippen molar-refractivity contribution in [2.24, 2.45) is 0 Å². The summed E-state index contributed by atoms with van der Waals surface area (Å²) in [5.41, 5.74) is 4.82. The van der Waals surface area contributed by atoms with Gasteiger partial charge in [-0.1, -0.05) is 41.7 Å². The number of amides is 1. The van der Waals surface area contributed by atoms with Crippen molar-refractivity contribution in [2.45, 2.75) is 26.7 Å². The molecule has 0 atom stereocenters. The van der Waals surface area contributed by atoms with Crippen LogP contribution < -0.4 is 10.9 Å². The third-order valence-corrected chi connectivity index (χ3v) is 5.89. The minimum atomic E-state index is -0.228. The predicted molar refractivity (Wildman–Crippen MR) is 113 cm³/mol. The standard InChI is InChI=1S/C22H21N3O2S/c1-14-11-17-18(12-15(14)2)25-20(26)13-19(28-22(25)24-17)21(27)23-10-6-9-16-7-4-3-5-8-16/h3-5,7-8,11-13H,6,9-10H2,1-2H3,(H,23,27). The van der Waals surface area contributed by atoms with Crippen LogP contribution in [0.2, 0.25) is 0 Å². The molecule has 2 aromatic heterocycles. The van der Waals surface area contributed by atoms with E-state index in [0.717, 1.165) is 35.0 Å². The molecule has 4 rings (SSSR count). The highest BCUT2D eigenvalue weighted by molar-refractivity contribution is 7.18. The maximum atomic E-state index is 12.6. The lowest BCUT2D eigenvalue weighted by Crippen LogP contribution is -2.26. The van der Waals surface area contributed by atoms with Gasteiger partial charge in [0.2, 0.25) is 0 Å². The summed E-state index contributed by atoms with van der Waals surface area (Å²) in [6.07, 6.45) is 1.75. The van der Waals surface area contributed by atoms with Crippen LogP contribution in [0.3, 0.4) is 0 Å². The van der Waals surface area contributed by atoms with Crippen molar-refractivity contribution in [3.8, 4) is 0 Å². The maximum absolute atomic E-state index is 12.6. The van der Waals surface area contributed by atoms with Gasteiger partial charge in [-0.05, 0) is 55.5 Å². The summed E-state index contributed by atoms with van der Waals surface area (Å²) in [5, 5.41) is 2.91. The normalized spacial score (nSPS) is 11.2. The Labute approximate surface area is 166 Å². The van der Waals surface area contributed by atoms with Gasteiger partial charge in [0.1, 0.15) is 4.88 Å². The Morgan fingerprint density at radius 1 is 1.11 bits per heavy atom. The zero-order valence-electron chi connectivity index (χ0n) is 15.9. The first-order valence-electron chi connectivity index (χ1n) is 9.28. The quantitative estimate of drug-likeness (QED) is 0.525. The van der Waals surface area contributed by atoms with E-state index >= 15 is 0 Å². The van der Waals surface area contributed by atoms with Gasteiger partial charge in [-0.2, -0.15) is 0 Å². The van der Waals surface area contributed by atoms with Crippen molar-refractivity contribution in [3.63, 3.8) is 0 Å². The van der Waals surface area contributed by atoms with Crippen LogP contribution in [0.5, 0.6) is 0 Å². The SMILES string of the molecule is Cc1cc2nc3sc(C(=O)NCCCc4ccccc4)cc(=O)n3c2cc1C. The van der Waals surface area contributed by atoms with Gasteiger partial charge in [-0.3, -0.25) is 14.0 Å². The number of nitrogens with zero attached hydrogens (tertiary/aromatic N) is 2. The first kappa shape index (κ1) is 18.4. The van der Waals surface area contributed by atoms with E-state index in [0.29, 0.717) is 16.4 Å². The van der Waals surface area contributed by atoms with Crippen molar-refractivity contribution in [1.29, 1.82) is 0 Å². The molecule has 0 spiro atoms. The monoisotopic (exact) mass is 391 g/mol. The number of aromatic nitrogens is 2. The maximum Gasteiger partial charge on any atom is 0.261 e. The number of carbonyl (C=O) groups is 1. The summed E-state index contributed by atoms with van der Waals surface area (Å²) in [5.74, 6) is -0.225. The molecule has 0 radical (unpaired) electrons. The minimum Gasteiger partial charge on any atom is -0.351 e. The average molecular weight is 391 g/mol. The van der Waals surface area contributed by atoms with E-state index in [-0.39, 0.29) is 11.5 Å². The number of fused-ring (bicyclic) bond motifs is 3. The van der Waals surface area contributed by atoms with E-state index in [1.807, 2.05) is 44.2 Å². The zero-order chi connectivity index (χ0) is 19.7. The van der Waals surface area contributed by atoms with E-state index in [4.69, 9.17) is 0 Å². The van der Waals surface area contributed by atoms with Gasteiger partial charge in [0.25, 0.3) is 11.5 Å². The molecule has 0 aliphatic rings. The fourth-order valence-electron chi connectivity index (χ4n) is 3.23. The first-order chi connectivity index (χ1) is 13.5. The highest BCUT2D eigenvalue weighted by Gasteiger charge is 2.14. The van der Waals surface area contributed by atoms with Crippen molar-refractivity contribution in [1.82, 2.24) is 14.7 Å². The zero-order valence-corrected chi connectivity index (χ0v) is 16.7. The summed E-state index contributed by atoms with van der Waals surface area (Å²) < 4.78 is 1.58. The van der Waals surface area contributed by atoms with Crippen LogP contribution in [0, 0.1) is 13.8 Å². The topological polar surface area (TPSA) is 63.5 Å². The Balaban J connectivity index is 1.53. The van der Waals surface area contributed by atoms with Crippen LogP contribution in [0.15, 0.2) is 53.3 Å². The van der Waals surface area contributed by atoms with E-state index in [2.05, 4.69) is 22.4 Å². The highest BCUT2D eigenvalue weighted by Crippen LogP contribution is 2.22. The van der Waals surface area contributed by atoms with E-state index in [9.17, 15) is 9.59 Å². The third kappa shape index (κ3) is 3.55. The molecule has 1 N–H and O–H groups in total. The Hall–Kier alpha value is -2.99. The average Bonchev–Trinajstić information content (AvgIpc) is 3.04. The van der Waals surface area contributed by atoms with Gasteiger partial charge >= 0.3 is 0 Å². The van der Waals surface area contributed by atoms with Crippen LogP contribution in [0.4, 0.5) is 0 Å². The summed E-state index contributed by atoms with van der Waals surface area (Å²) >= 11 is 1.24. The molecule has 142 valence electrons. The fraction of sp³-hybridized carbons (Fsp3) is 0.227.